The highest BCUT2D eigenvalue weighted by molar-refractivity contribution is 8.74. The Balaban J connectivity index is 0.00000110. The van der Waals surface area contributed by atoms with Crippen molar-refractivity contribution in [1.29, 1.82) is 0 Å². The number of carbonyl (C=O) groups excluding carboxylic acids is 1. The molecule has 0 aliphatic carbocycles. The third kappa shape index (κ3) is 6.65. The molecule has 20 heavy (non-hydrogen) atoms. The summed E-state index contributed by atoms with van der Waals surface area (Å²) in [5.41, 5.74) is 6.79. The van der Waals surface area contributed by atoms with Crippen LogP contribution in [0.3, 0.4) is 0 Å². The molecular formula is C14H24N2O2S2. The fourth-order valence-corrected chi connectivity index (χ4v) is 4.45. The molecule has 0 aromatic heterocycles. The lowest BCUT2D eigenvalue weighted by molar-refractivity contribution is -0.787. The minimum Gasteiger partial charge on any atom is -0.554 e. The van der Waals surface area contributed by atoms with E-state index in [2.05, 4.69) is 45.0 Å². The monoisotopic (exact) mass is 316 g/mol. The first-order valence-corrected chi connectivity index (χ1v) is 8.78. The van der Waals surface area contributed by atoms with Gasteiger partial charge in [0.15, 0.2) is 11.0 Å². The molecule has 0 fully saturated rings. The lowest BCUT2D eigenvalue weighted by atomic mass is 10.2. The third-order valence-electron chi connectivity index (χ3n) is 3.18. The second-order valence-electron chi connectivity index (χ2n) is 4.11. The highest BCUT2D eigenvalue weighted by Crippen LogP contribution is 2.39. The molecule has 1 aromatic carbocycles. The van der Waals surface area contributed by atoms with Crippen molar-refractivity contribution in [3.8, 4) is 0 Å². The first kappa shape index (κ1) is 19.3. The number of nitrogens with two attached hydrogens (primary N) is 1. The van der Waals surface area contributed by atoms with Crippen molar-refractivity contribution in [2.24, 2.45) is 5.73 Å². The van der Waals surface area contributed by atoms with Gasteiger partial charge < -0.3 is 15.6 Å². The predicted octanol–water partition coefficient (Wildman–Crippen LogP) is 2.04. The quantitative estimate of drug-likeness (QED) is 0.361. The number of hydrogen-bond donors (Lipinski definition) is 1. The molecule has 4 nitrogen and oxygen atoms in total. The highest BCUT2D eigenvalue weighted by atomic mass is 33.1. The smallest absolute Gasteiger partial charge is 0.152 e. The van der Waals surface area contributed by atoms with Crippen molar-refractivity contribution < 1.29 is 13.8 Å². The van der Waals surface area contributed by atoms with Gasteiger partial charge in [-0.3, -0.25) is 3.89 Å². The maximum Gasteiger partial charge on any atom is 0.152 e. The summed E-state index contributed by atoms with van der Waals surface area (Å²) in [5, 5.41) is 8.25. The molecule has 0 aliphatic heterocycles. The van der Waals surface area contributed by atoms with Crippen LogP contribution in [0.5, 0.6) is 0 Å². The summed E-state index contributed by atoms with van der Waals surface area (Å²) in [6.07, 6.45) is 0. The number of benzene rings is 1. The van der Waals surface area contributed by atoms with Gasteiger partial charge in [-0.1, -0.05) is 12.1 Å². The molecule has 6 heteroatoms. The van der Waals surface area contributed by atoms with Crippen LogP contribution in [0.2, 0.25) is 0 Å². The maximum absolute atomic E-state index is 8.25. The van der Waals surface area contributed by atoms with E-state index in [0.717, 1.165) is 3.89 Å². The minimum absolute atomic E-state index is 0.500. The van der Waals surface area contributed by atoms with E-state index in [-0.39, 0.29) is 0 Å². The highest BCUT2D eigenvalue weighted by Gasteiger charge is 2.23. The molecule has 0 aliphatic rings. The summed E-state index contributed by atoms with van der Waals surface area (Å²) in [6.45, 7) is 10.4. The van der Waals surface area contributed by atoms with E-state index in [0.29, 0.717) is 6.54 Å². The zero-order valence-electron chi connectivity index (χ0n) is 12.4. The van der Waals surface area contributed by atoms with E-state index in [9.17, 15) is 0 Å². The Kier molecular flexibility index (Phi) is 10.6. The van der Waals surface area contributed by atoms with E-state index in [4.69, 9.17) is 15.6 Å². The molecule has 0 heterocycles. The Labute approximate surface area is 129 Å². The van der Waals surface area contributed by atoms with Gasteiger partial charge >= 0.3 is 0 Å². The zero-order valence-corrected chi connectivity index (χ0v) is 14.0. The van der Waals surface area contributed by atoms with Gasteiger partial charge in [-0.05, 0) is 38.5 Å². The topological polar surface area (TPSA) is 66.2 Å². The first-order chi connectivity index (χ1) is 9.61. The second kappa shape index (κ2) is 11.0. The number of nitrogens with zero attached hydrogens (tertiary/aromatic N) is 1. The van der Waals surface area contributed by atoms with E-state index in [1.165, 1.54) is 30.1 Å². The molecule has 1 aromatic rings. The van der Waals surface area contributed by atoms with Gasteiger partial charge in [0.2, 0.25) is 0 Å². The molecule has 0 saturated carbocycles. The van der Waals surface area contributed by atoms with Crippen LogP contribution in [-0.4, -0.2) is 30.0 Å². The number of rotatable bonds is 7. The van der Waals surface area contributed by atoms with E-state index in [1.54, 1.807) is 0 Å². The predicted molar refractivity (Wildman–Crippen MR) is 85.7 cm³/mol. The normalized spacial score (nSPS) is 10.6. The Morgan fingerprint density at radius 3 is 1.95 bits per heavy atom. The standard InChI is InChI=1S/C13H23N2S2.CH2O2/c1-4-15(5-2,6-3)17-16-13-9-7-12(11-14)8-10-13;2-1-3/h7-10H,4-6,11,14H2,1-3H3;1H,(H,2,3)/q+1;/p-1. The Hall–Kier alpha value is -0.690. The van der Waals surface area contributed by atoms with Gasteiger partial charge in [0.05, 0.1) is 19.6 Å². The molecule has 0 amide bonds. The van der Waals surface area contributed by atoms with Crippen molar-refractivity contribution in [3.05, 3.63) is 29.8 Å². The van der Waals surface area contributed by atoms with Crippen LogP contribution in [-0.2, 0) is 11.3 Å². The average molecular weight is 316 g/mol. The Morgan fingerprint density at radius 2 is 1.60 bits per heavy atom. The fraction of sp³-hybridized carbons (Fsp3) is 0.500. The molecule has 0 saturated heterocycles. The largest absolute Gasteiger partial charge is 0.554 e. The van der Waals surface area contributed by atoms with E-state index >= 15 is 0 Å². The average Bonchev–Trinajstić information content (AvgIpc) is 2.50. The van der Waals surface area contributed by atoms with Gasteiger partial charge in [0.25, 0.3) is 0 Å². The van der Waals surface area contributed by atoms with Crippen LogP contribution < -0.4 is 10.8 Å². The summed E-state index contributed by atoms with van der Waals surface area (Å²) < 4.78 is 1.10. The van der Waals surface area contributed by atoms with E-state index < -0.39 is 6.47 Å². The lowest BCUT2D eigenvalue weighted by Crippen LogP contribution is -2.39. The minimum atomic E-state index is -0.500. The van der Waals surface area contributed by atoms with Gasteiger partial charge in [-0.15, -0.1) is 0 Å². The molecular weight excluding hydrogens is 292 g/mol. The first-order valence-electron chi connectivity index (χ1n) is 6.68. The SMILES string of the molecule is CC[N+](CC)(CC)SSc1ccc(CN)cc1.O=C[O-]. The summed E-state index contributed by atoms with van der Waals surface area (Å²) in [4.78, 5) is 9.56. The number of carboxylic acid groups (broad SMARTS) is 1. The Bertz CT molecular complexity index is 360. The fourth-order valence-electron chi connectivity index (χ4n) is 1.63. The van der Waals surface area contributed by atoms with Crippen LogP contribution in [0.4, 0.5) is 0 Å². The van der Waals surface area contributed by atoms with Crippen LogP contribution >= 0.6 is 21.8 Å². The van der Waals surface area contributed by atoms with Crippen LogP contribution in [0.15, 0.2) is 29.2 Å². The number of carbonyl (C=O) groups is 1. The zero-order chi connectivity index (χ0) is 15.4. The van der Waals surface area contributed by atoms with Gasteiger partial charge in [0.1, 0.15) is 0 Å². The van der Waals surface area contributed by atoms with Crippen LogP contribution in [0, 0.1) is 0 Å². The van der Waals surface area contributed by atoms with Crippen molar-refractivity contribution in [3.63, 3.8) is 0 Å². The lowest BCUT2D eigenvalue weighted by Gasteiger charge is -2.31. The molecule has 0 atom stereocenters. The van der Waals surface area contributed by atoms with Crippen molar-refractivity contribution in [1.82, 2.24) is 0 Å². The van der Waals surface area contributed by atoms with E-state index in [1.807, 2.05) is 21.8 Å². The molecule has 0 radical (unpaired) electrons. The van der Waals surface area contributed by atoms with Crippen molar-refractivity contribution in [2.45, 2.75) is 32.2 Å². The van der Waals surface area contributed by atoms with Crippen molar-refractivity contribution in [2.75, 3.05) is 19.6 Å². The summed E-state index contributed by atoms with van der Waals surface area (Å²) in [5.74, 6) is 0. The molecule has 0 spiro atoms. The third-order valence-corrected chi connectivity index (χ3v) is 6.56. The van der Waals surface area contributed by atoms with Crippen molar-refractivity contribution >= 4 is 28.2 Å². The molecule has 2 N–H and O–H groups in total. The van der Waals surface area contributed by atoms with Gasteiger partial charge in [0, 0.05) is 28.7 Å². The Morgan fingerprint density at radius 1 is 1.15 bits per heavy atom. The molecule has 0 unspecified atom stereocenters. The number of hydrogen-bond acceptors (Lipinski definition) is 5. The van der Waals surface area contributed by atoms with Gasteiger partial charge in [-0.2, -0.15) is 0 Å². The summed E-state index contributed by atoms with van der Waals surface area (Å²) in [6, 6.07) is 8.55. The maximum atomic E-state index is 8.25. The molecule has 114 valence electrons. The second-order valence-corrected chi connectivity index (χ2v) is 6.62. The summed E-state index contributed by atoms with van der Waals surface area (Å²) >= 11 is 0. The summed E-state index contributed by atoms with van der Waals surface area (Å²) in [7, 11) is 3.83. The number of quaternary nitrogens is 1. The van der Waals surface area contributed by atoms with Gasteiger partial charge in [-0.25, -0.2) is 0 Å². The van der Waals surface area contributed by atoms with Crippen LogP contribution in [0.25, 0.3) is 0 Å². The molecule has 0 bridgehead atoms. The van der Waals surface area contributed by atoms with Crippen LogP contribution in [0.1, 0.15) is 26.3 Å². The molecule has 1 rings (SSSR count).